The fourth-order valence-corrected chi connectivity index (χ4v) is 1.57. The Bertz CT molecular complexity index is 439. The predicted molar refractivity (Wildman–Crippen MR) is 66.8 cm³/mol. The van der Waals surface area contributed by atoms with Crippen LogP contribution in [-0.4, -0.2) is 23.9 Å². The van der Waals surface area contributed by atoms with Crippen molar-refractivity contribution < 1.29 is 23.0 Å². The van der Waals surface area contributed by atoms with Crippen LogP contribution in [0.5, 0.6) is 5.75 Å². The number of nitrogen functional groups attached to an aromatic ring is 1. The van der Waals surface area contributed by atoms with Crippen LogP contribution in [0.25, 0.3) is 0 Å². The number of hydrogen-bond donors (Lipinski definition) is 3. The highest BCUT2D eigenvalue weighted by molar-refractivity contribution is 5.69. The molecule has 0 saturated heterocycles. The molecule has 0 radical (unpaired) electrons. The van der Waals surface area contributed by atoms with Crippen molar-refractivity contribution in [2.45, 2.75) is 32.4 Å². The van der Waals surface area contributed by atoms with Gasteiger partial charge in [-0.1, -0.05) is 0 Å². The van der Waals surface area contributed by atoms with E-state index in [0.717, 1.165) is 12.1 Å². The summed E-state index contributed by atoms with van der Waals surface area (Å²) in [5, 5.41) is 11.9. The molecule has 0 heterocycles. The average Bonchev–Trinajstić information content (AvgIpc) is 2.23. The third-order valence-corrected chi connectivity index (χ3v) is 2.53. The lowest BCUT2D eigenvalue weighted by molar-refractivity contribution is -0.0521. The van der Waals surface area contributed by atoms with Gasteiger partial charge in [-0.25, -0.2) is 4.39 Å². The summed E-state index contributed by atoms with van der Waals surface area (Å²) >= 11 is 0. The molecule has 0 fully saturated rings. The Balaban J connectivity index is 3.00. The number of aliphatic hydroxyl groups is 1. The van der Waals surface area contributed by atoms with E-state index >= 15 is 0 Å². The van der Waals surface area contributed by atoms with Crippen molar-refractivity contribution in [3.63, 3.8) is 0 Å². The Hall–Kier alpha value is -1.63. The number of nitrogens with two attached hydrogens (primary N) is 1. The first-order chi connectivity index (χ1) is 8.75. The molecule has 1 aromatic carbocycles. The topological polar surface area (TPSA) is 67.5 Å². The molecule has 0 atom stereocenters. The first-order valence-electron chi connectivity index (χ1n) is 5.68. The highest BCUT2D eigenvalue weighted by Crippen LogP contribution is 2.31. The molecule has 19 heavy (non-hydrogen) atoms. The summed E-state index contributed by atoms with van der Waals surface area (Å²) in [6.45, 7) is 0.414. The molecule has 7 heteroatoms. The van der Waals surface area contributed by atoms with E-state index in [9.17, 15) is 13.2 Å². The summed E-state index contributed by atoms with van der Waals surface area (Å²) in [7, 11) is 0. The lowest BCUT2D eigenvalue weighted by Gasteiger charge is -2.27. The van der Waals surface area contributed by atoms with Crippen LogP contribution in [0.15, 0.2) is 12.1 Å². The largest absolute Gasteiger partial charge is 0.432 e. The molecule has 108 valence electrons. The molecule has 1 aromatic rings. The van der Waals surface area contributed by atoms with Crippen LogP contribution in [0.1, 0.15) is 20.3 Å². The van der Waals surface area contributed by atoms with E-state index in [1.165, 1.54) is 0 Å². The van der Waals surface area contributed by atoms with Gasteiger partial charge in [0.1, 0.15) is 0 Å². The molecular weight excluding hydrogens is 261 g/mol. The number of halogens is 3. The van der Waals surface area contributed by atoms with Crippen molar-refractivity contribution in [2.75, 3.05) is 17.7 Å². The van der Waals surface area contributed by atoms with Crippen LogP contribution >= 0.6 is 0 Å². The molecular formula is C12H17F3N2O2. The lowest BCUT2D eigenvalue weighted by Crippen LogP contribution is -2.32. The number of anilines is 2. The summed E-state index contributed by atoms with van der Waals surface area (Å²) in [5.41, 5.74) is 5.44. The zero-order valence-corrected chi connectivity index (χ0v) is 10.7. The fraction of sp³-hybridized carbons (Fsp3) is 0.500. The molecule has 4 nitrogen and oxygen atoms in total. The predicted octanol–water partition coefficient (Wildman–Crippen LogP) is 2.58. The molecule has 0 bridgehead atoms. The maximum absolute atomic E-state index is 13.4. The molecule has 0 spiro atoms. The van der Waals surface area contributed by atoms with Crippen molar-refractivity contribution in [3.05, 3.63) is 17.9 Å². The summed E-state index contributed by atoms with van der Waals surface area (Å²) < 4.78 is 41.7. The molecule has 0 amide bonds. The normalized spacial score (nSPS) is 11.7. The van der Waals surface area contributed by atoms with Gasteiger partial charge in [-0.05, 0) is 20.3 Å². The number of ether oxygens (including phenoxy) is 1. The zero-order valence-electron chi connectivity index (χ0n) is 10.7. The van der Waals surface area contributed by atoms with Crippen LogP contribution in [0, 0.1) is 5.82 Å². The average molecular weight is 278 g/mol. The Labute approximate surface area is 109 Å². The molecule has 0 aliphatic carbocycles. The fourth-order valence-electron chi connectivity index (χ4n) is 1.57. The summed E-state index contributed by atoms with van der Waals surface area (Å²) in [6.07, 6.45) is 0.412. The highest BCUT2D eigenvalue weighted by atomic mass is 19.3. The summed E-state index contributed by atoms with van der Waals surface area (Å²) in [5.74, 6) is -1.53. The van der Waals surface area contributed by atoms with E-state index < -0.39 is 23.7 Å². The van der Waals surface area contributed by atoms with Crippen molar-refractivity contribution >= 4 is 11.4 Å². The minimum absolute atomic E-state index is 0.0541. The van der Waals surface area contributed by atoms with Crippen molar-refractivity contribution in [1.29, 1.82) is 0 Å². The number of nitrogens with one attached hydrogen (secondary N) is 1. The van der Waals surface area contributed by atoms with Gasteiger partial charge in [-0.15, -0.1) is 0 Å². The van der Waals surface area contributed by atoms with Gasteiger partial charge in [0.05, 0.1) is 11.4 Å². The maximum Gasteiger partial charge on any atom is 0.387 e. The second-order valence-corrected chi connectivity index (χ2v) is 4.73. The number of alkyl halides is 2. The third-order valence-electron chi connectivity index (χ3n) is 2.53. The first-order valence-corrected chi connectivity index (χ1v) is 5.68. The van der Waals surface area contributed by atoms with Gasteiger partial charge in [0.25, 0.3) is 0 Å². The standard InChI is InChI=1S/C12H17F3N2O2/c1-12(2,3-4-18)17-9-6-10(19-11(14)15)7(13)5-8(9)16/h5-6,11,17-18H,3-4,16H2,1-2H3. The molecule has 0 aliphatic rings. The quantitative estimate of drug-likeness (QED) is 0.700. The highest BCUT2D eigenvalue weighted by Gasteiger charge is 2.20. The molecule has 0 aliphatic heterocycles. The van der Waals surface area contributed by atoms with Crippen LogP contribution in [0.3, 0.4) is 0 Å². The lowest BCUT2D eigenvalue weighted by atomic mass is 10.0. The van der Waals surface area contributed by atoms with E-state index in [1.807, 2.05) is 0 Å². The van der Waals surface area contributed by atoms with Crippen LogP contribution in [0.2, 0.25) is 0 Å². The van der Waals surface area contributed by atoms with Gasteiger partial charge in [-0.2, -0.15) is 8.78 Å². The third kappa shape index (κ3) is 4.51. The van der Waals surface area contributed by atoms with Crippen molar-refractivity contribution in [1.82, 2.24) is 0 Å². The Kier molecular flexibility index (Phi) is 4.88. The molecule has 4 N–H and O–H groups in total. The Morgan fingerprint density at radius 1 is 1.42 bits per heavy atom. The number of aliphatic hydroxyl groups excluding tert-OH is 1. The minimum Gasteiger partial charge on any atom is -0.432 e. The van der Waals surface area contributed by atoms with Gasteiger partial charge < -0.3 is 20.9 Å². The van der Waals surface area contributed by atoms with Gasteiger partial charge in [-0.3, -0.25) is 0 Å². The summed E-state index contributed by atoms with van der Waals surface area (Å²) in [6, 6.07) is 1.99. The zero-order chi connectivity index (χ0) is 14.6. The first kappa shape index (κ1) is 15.4. The SMILES string of the molecule is CC(C)(CCO)Nc1cc(OC(F)F)c(F)cc1N. The minimum atomic E-state index is -3.11. The number of benzene rings is 1. The Morgan fingerprint density at radius 2 is 2.05 bits per heavy atom. The van der Waals surface area contributed by atoms with Gasteiger partial charge in [0.15, 0.2) is 11.6 Å². The molecule has 0 saturated carbocycles. The molecule has 0 aromatic heterocycles. The van der Waals surface area contributed by atoms with Crippen LogP contribution in [-0.2, 0) is 0 Å². The molecule has 1 rings (SSSR count). The summed E-state index contributed by atoms with van der Waals surface area (Å²) in [4.78, 5) is 0. The van der Waals surface area contributed by atoms with Gasteiger partial charge in [0.2, 0.25) is 0 Å². The van der Waals surface area contributed by atoms with Gasteiger partial charge in [0, 0.05) is 24.3 Å². The smallest absolute Gasteiger partial charge is 0.387 e. The second-order valence-electron chi connectivity index (χ2n) is 4.73. The van der Waals surface area contributed by atoms with E-state index in [0.29, 0.717) is 6.42 Å². The van der Waals surface area contributed by atoms with Crippen LogP contribution in [0.4, 0.5) is 24.5 Å². The van der Waals surface area contributed by atoms with Gasteiger partial charge >= 0.3 is 6.61 Å². The van der Waals surface area contributed by atoms with Crippen molar-refractivity contribution in [2.24, 2.45) is 0 Å². The van der Waals surface area contributed by atoms with E-state index in [1.54, 1.807) is 13.8 Å². The van der Waals surface area contributed by atoms with E-state index in [4.69, 9.17) is 10.8 Å². The second kappa shape index (κ2) is 6.01. The van der Waals surface area contributed by atoms with E-state index in [2.05, 4.69) is 10.1 Å². The van der Waals surface area contributed by atoms with Crippen molar-refractivity contribution in [3.8, 4) is 5.75 Å². The monoisotopic (exact) mass is 278 g/mol. The number of rotatable bonds is 6. The van der Waals surface area contributed by atoms with Crippen LogP contribution < -0.4 is 15.8 Å². The maximum atomic E-state index is 13.4. The number of hydrogen-bond acceptors (Lipinski definition) is 4. The van der Waals surface area contributed by atoms with E-state index in [-0.39, 0.29) is 18.0 Å². The Morgan fingerprint density at radius 3 is 2.58 bits per heavy atom. The molecule has 0 unspecified atom stereocenters.